The molecule has 1 aliphatic heterocycles. The van der Waals surface area contributed by atoms with E-state index >= 15 is 0 Å². The van der Waals surface area contributed by atoms with Gasteiger partial charge in [0.05, 0.1) is 33.7 Å². The minimum absolute atomic E-state index is 0.0380. The van der Waals surface area contributed by atoms with Gasteiger partial charge in [-0.05, 0) is 20.3 Å². The van der Waals surface area contributed by atoms with Crippen LogP contribution in [0.3, 0.4) is 0 Å². The van der Waals surface area contributed by atoms with Crippen LogP contribution in [0.1, 0.15) is 28.6 Å². The zero-order valence-electron chi connectivity index (χ0n) is 11.8. The number of amides is 1. The van der Waals surface area contributed by atoms with Crippen molar-refractivity contribution in [2.75, 3.05) is 0 Å². The predicted molar refractivity (Wildman–Crippen MR) is 82.6 cm³/mol. The SMILES string of the molecule is Cc1nc(C)c(-c2csc(CC(=O)[C@@H]3CCC(=O)N3)n2)s1. The van der Waals surface area contributed by atoms with Crippen molar-refractivity contribution in [3.05, 3.63) is 21.1 Å². The predicted octanol–water partition coefficient (Wildman–Crippen LogP) is 2.27. The maximum atomic E-state index is 12.1. The smallest absolute Gasteiger partial charge is 0.220 e. The van der Waals surface area contributed by atoms with Gasteiger partial charge in [-0.15, -0.1) is 22.7 Å². The number of carbonyl (C=O) groups excluding carboxylic acids is 2. The molecule has 110 valence electrons. The molecule has 3 heterocycles. The van der Waals surface area contributed by atoms with Gasteiger partial charge in [0, 0.05) is 11.8 Å². The third-order valence-electron chi connectivity index (χ3n) is 3.40. The number of hydrogen-bond donors (Lipinski definition) is 1. The molecule has 1 amide bonds. The van der Waals surface area contributed by atoms with E-state index < -0.39 is 0 Å². The Labute approximate surface area is 130 Å². The first-order valence-electron chi connectivity index (χ1n) is 6.74. The molecule has 5 nitrogen and oxygen atoms in total. The highest BCUT2D eigenvalue weighted by molar-refractivity contribution is 7.16. The summed E-state index contributed by atoms with van der Waals surface area (Å²) < 4.78 is 0. The molecule has 2 aromatic heterocycles. The molecule has 7 heteroatoms. The molecule has 0 spiro atoms. The first-order valence-corrected chi connectivity index (χ1v) is 8.43. The average Bonchev–Trinajstić information content (AvgIpc) is 3.10. The zero-order chi connectivity index (χ0) is 15.0. The topological polar surface area (TPSA) is 72.0 Å². The largest absolute Gasteiger partial charge is 0.346 e. The summed E-state index contributed by atoms with van der Waals surface area (Å²) in [4.78, 5) is 33.3. The Morgan fingerprint density at radius 2 is 2.24 bits per heavy atom. The Morgan fingerprint density at radius 3 is 2.86 bits per heavy atom. The molecule has 1 aliphatic rings. The van der Waals surface area contributed by atoms with Gasteiger partial charge in [-0.3, -0.25) is 9.59 Å². The van der Waals surface area contributed by atoms with Crippen LogP contribution in [0.4, 0.5) is 0 Å². The van der Waals surface area contributed by atoms with Crippen molar-refractivity contribution in [2.24, 2.45) is 0 Å². The van der Waals surface area contributed by atoms with Crippen LogP contribution in [0.2, 0.25) is 0 Å². The van der Waals surface area contributed by atoms with E-state index in [2.05, 4.69) is 15.3 Å². The lowest BCUT2D eigenvalue weighted by atomic mass is 10.1. The number of nitrogens with zero attached hydrogens (tertiary/aromatic N) is 2. The van der Waals surface area contributed by atoms with Gasteiger partial charge in [0.1, 0.15) is 5.01 Å². The van der Waals surface area contributed by atoms with E-state index in [0.717, 1.165) is 26.3 Å². The van der Waals surface area contributed by atoms with Crippen molar-refractivity contribution < 1.29 is 9.59 Å². The standard InChI is InChI=1S/C14H15N3O2S2/c1-7-14(21-8(2)15-7)10-6-20-13(17-10)5-11(18)9-3-4-12(19)16-9/h6,9H,3-5H2,1-2H3,(H,16,19)/t9-/m0/s1. The molecule has 0 aromatic carbocycles. The highest BCUT2D eigenvalue weighted by atomic mass is 32.1. The van der Waals surface area contributed by atoms with Crippen molar-refractivity contribution >= 4 is 34.4 Å². The fraction of sp³-hybridized carbons (Fsp3) is 0.429. The molecule has 1 fully saturated rings. The number of thiazole rings is 2. The maximum absolute atomic E-state index is 12.1. The molecule has 0 bridgehead atoms. The van der Waals surface area contributed by atoms with Crippen molar-refractivity contribution in [2.45, 2.75) is 39.2 Å². The number of aromatic nitrogens is 2. The highest BCUT2D eigenvalue weighted by Crippen LogP contribution is 2.30. The second-order valence-corrected chi connectivity index (χ2v) is 7.22. The van der Waals surface area contributed by atoms with E-state index in [4.69, 9.17) is 0 Å². The summed E-state index contributed by atoms with van der Waals surface area (Å²) in [6.45, 7) is 3.94. The number of Topliss-reactive ketones (excluding diaryl/α,β-unsaturated/α-hetero) is 1. The second-order valence-electron chi connectivity index (χ2n) is 5.08. The summed E-state index contributed by atoms with van der Waals surface area (Å²) in [6.07, 6.45) is 1.33. The van der Waals surface area contributed by atoms with Crippen LogP contribution < -0.4 is 5.32 Å². The lowest BCUT2D eigenvalue weighted by molar-refractivity contribution is -0.124. The molecule has 0 aliphatic carbocycles. The molecule has 1 atom stereocenters. The number of nitrogens with one attached hydrogen (secondary N) is 1. The van der Waals surface area contributed by atoms with Crippen molar-refractivity contribution in [1.29, 1.82) is 0 Å². The van der Waals surface area contributed by atoms with Gasteiger partial charge in [-0.2, -0.15) is 0 Å². The molecule has 3 rings (SSSR count). The van der Waals surface area contributed by atoms with Crippen molar-refractivity contribution in [3.8, 4) is 10.6 Å². The van der Waals surface area contributed by atoms with E-state index in [1.807, 2.05) is 19.2 Å². The monoisotopic (exact) mass is 321 g/mol. The minimum atomic E-state index is -0.336. The molecular weight excluding hydrogens is 306 g/mol. The van der Waals surface area contributed by atoms with Gasteiger partial charge in [0.2, 0.25) is 5.91 Å². The fourth-order valence-electron chi connectivity index (χ4n) is 2.39. The summed E-state index contributed by atoms with van der Waals surface area (Å²) in [5.74, 6) is 0.00268. The summed E-state index contributed by atoms with van der Waals surface area (Å²) in [5.41, 5.74) is 1.87. The number of rotatable bonds is 4. The minimum Gasteiger partial charge on any atom is -0.346 e. The van der Waals surface area contributed by atoms with Crippen LogP contribution in [0.25, 0.3) is 10.6 Å². The van der Waals surface area contributed by atoms with Crippen molar-refractivity contribution in [1.82, 2.24) is 15.3 Å². The Kier molecular flexibility index (Phi) is 3.86. The average molecular weight is 321 g/mol. The molecular formula is C14H15N3O2S2. The van der Waals surface area contributed by atoms with Crippen molar-refractivity contribution in [3.63, 3.8) is 0 Å². The Bertz CT molecular complexity index is 705. The first-order chi connectivity index (χ1) is 10.0. The number of carbonyl (C=O) groups is 2. The van der Waals surface area contributed by atoms with Gasteiger partial charge in [0.25, 0.3) is 0 Å². The van der Waals surface area contributed by atoms with E-state index in [-0.39, 0.29) is 24.2 Å². The van der Waals surface area contributed by atoms with E-state index in [1.165, 1.54) is 11.3 Å². The molecule has 0 radical (unpaired) electrons. The molecule has 2 aromatic rings. The van der Waals surface area contributed by atoms with E-state index in [0.29, 0.717) is 12.8 Å². The van der Waals surface area contributed by atoms with E-state index in [1.54, 1.807) is 11.3 Å². The second kappa shape index (κ2) is 5.65. The highest BCUT2D eigenvalue weighted by Gasteiger charge is 2.27. The number of hydrogen-bond acceptors (Lipinski definition) is 6. The summed E-state index contributed by atoms with van der Waals surface area (Å²) in [6, 6.07) is -0.336. The summed E-state index contributed by atoms with van der Waals surface area (Å²) >= 11 is 3.10. The molecule has 0 unspecified atom stereocenters. The Balaban J connectivity index is 1.72. The van der Waals surface area contributed by atoms with Gasteiger partial charge < -0.3 is 5.32 Å². The first kappa shape index (κ1) is 14.3. The number of aryl methyl sites for hydroxylation is 2. The molecule has 0 saturated carbocycles. The summed E-state index contributed by atoms with van der Waals surface area (Å²) in [5, 5.41) is 6.48. The number of ketones is 1. The van der Waals surface area contributed by atoms with Crippen LogP contribution in [-0.2, 0) is 16.0 Å². The third kappa shape index (κ3) is 3.03. The lowest BCUT2D eigenvalue weighted by Gasteiger charge is -2.06. The van der Waals surface area contributed by atoms with Gasteiger partial charge >= 0.3 is 0 Å². The molecule has 1 N–H and O–H groups in total. The van der Waals surface area contributed by atoms with Crippen LogP contribution in [0.15, 0.2) is 5.38 Å². The molecule has 1 saturated heterocycles. The zero-order valence-corrected chi connectivity index (χ0v) is 13.4. The van der Waals surface area contributed by atoms with Crippen LogP contribution >= 0.6 is 22.7 Å². The van der Waals surface area contributed by atoms with E-state index in [9.17, 15) is 9.59 Å². The van der Waals surface area contributed by atoms with Crippen LogP contribution in [0.5, 0.6) is 0 Å². The lowest BCUT2D eigenvalue weighted by Crippen LogP contribution is -2.34. The quantitative estimate of drug-likeness (QED) is 0.937. The normalized spacial score (nSPS) is 18.0. The Morgan fingerprint density at radius 1 is 1.43 bits per heavy atom. The van der Waals surface area contributed by atoms with Gasteiger partial charge in [-0.1, -0.05) is 0 Å². The van der Waals surface area contributed by atoms with Crippen LogP contribution in [-0.4, -0.2) is 27.7 Å². The summed E-state index contributed by atoms with van der Waals surface area (Å²) in [7, 11) is 0. The maximum Gasteiger partial charge on any atom is 0.220 e. The fourth-order valence-corrected chi connectivity index (χ4v) is 4.14. The molecule has 21 heavy (non-hydrogen) atoms. The van der Waals surface area contributed by atoms with Crippen LogP contribution in [0, 0.1) is 13.8 Å². The van der Waals surface area contributed by atoms with Gasteiger partial charge in [0.15, 0.2) is 5.78 Å². The van der Waals surface area contributed by atoms with Gasteiger partial charge in [-0.25, -0.2) is 9.97 Å². The third-order valence-corrected chi connectivity index (χ3v) is 5.34. The Hall–Kier alpha value is -1.60.